The fourth-order valence-corrected chi connectivity index (χ4v) is 4.64. The van der Waals surface area contributed by atoms with Gasteiger partial charge in [-0.1, -0.05) is 36.4 Å². The highest BCUT2D eigenvalue weighted by atomic mass is 19.2. The van der Waals surface area contributed by atoms with Gasteiger partial charge in [0.2, 0.25) is 5.91 Å². The number of anilines is 1. The molecule has 3 aromatic carbocycles. The van der Waals surface area contributed by atoms with E-state index in [9.17, 15) is 18.7 Å². The Labute approximate surface area is 172 Å². The lowest BCUT2D eigenvalue weighted by Crippen LogP contribution is -2.37. The van der Waals surface area contributed by atoms with E-state index in [2.05, 4.69) is 5.32 Å². The largest absolute Gasteiger partial charge is 0.508 e. The summed E-state index contributed by atoms with van der Waals surface area (Å²) in [5.74, 6) is -2.56. The Kier molecular flexibility index (Phi) is 3.83. The number of benzene rings is 3. The molecule has 30 heavy (non-hydrogen) atoms. The van der Waals surface area contributed by atoms with Gasteiger partial charge in [-0.3, -0.25) is 4.79 Å². The van der Waals surface area contributed by atoms with Crippen molar-refractivity contribution in [2.45, 2.75) is 31.5 Å². The number of fused-ring (bicyclic) bond motifs is 2. The molecule has 0 fully saturated rings. The van der Waals surface area contributed by atoms with Crippen molar-refractivity contribution in [3.05, 3.63) is 94.0 Å². The molecule has 0 aliphatic carbocycles. The van der Waals surface area contributed by atoms with Crippen LogP contribution in [0.5, 0.6) is 5.75 Å². The predicted molar refractivity (Wildman–Crippen MR) is 107 cm³/mol. The van der Waals surface area contributed by atoms with Crippen LogP contribution in [0, 0.1) is 11.6 Å². The lowest BCUT2D eigenvalue weighted by atomic mass is 9.69. The van der Waals surface area contributed by atoms with Gasteiger partial charge in [-0.15, -0.1) is 0 Å². The van der Waals surface area contributed by atoms with Crippen LogP contribution in [0.2, 0.25) is 0 Å². The molecule has 0 spiro atoms. The summed E-state index contributed by atoms with van der Waals surface area (Å²) in [5, 5.41) is 12.3. The molecule has 0 saturated carbocycles. The van der Waals surface area contributed by atoms with Crippen molar-refractivity contribution in [2.75, 3.05) is 5.32 Å². The molecule has 0 saturated heterocycles. The lowest BCUT2D eigenvalue weighted by Gasteiger charge is -2.30. The number of phenolic OH excluding ortho intramolecular Hbond substituents is 1. The first kappa shape index (κ1) is 18.8. The smallest absolute Gasteiger partial charge is 0.244 e. The topological polar surface area (TPSA) is 58.6 Å². The van der Waals surface area contributed by atoms with Gasteiger partial charge in [0.1, 0.15) is 11.2 Å². The van der Waals surface area contributed by atoms with E-state index in [0.29, 0.717) is 23.3 Å². The number of halogens is 2. The highest BCUT2D eigenvalue weighted by Gasteiger charge is 2.51. The normalized spacial score (nSPS) is 21.3. The molecule has 0 radical (unpaired) electrons. The molecule has 3 aromatic rings. The number of nitrogens with one attached hydrogen (secondary N) is 1. The molecule has 1 atom stereocenters. The van der Waals surface area contributed by atoms with Crippen LogP contribution in [-0.2, 0) is 27.2 Å². The molecule has 1 unspecified atom stereocenters. The molecule has 2 aliphatic rings. The Morgan fingerprint density at radius 3 is 2.37 bits per heavy atom. The molecule has 4 nitrogen and oxygen atoms in total. The number of aromatic hydroxyl groups is 1. The number of carbonyl (C=O) groups excluding carboxylic acids is 1. The quantitative estimate of drug-likeness (QED) is 0.646. The third kappa shape index (κ3) is 2.37. The first-order valence-corrected chi connectivity index (χ1v) is 9.62. The number of rotatable bonds is 2. The lowest BCUT2D eigenvalue weighted by molar-refractivity contribution is -0.118. The monoisotopic (exact) mass is 407 g/mol. The molecule has 6 heteroatoms. The Morgan fingerprint density at radius 1 is 0.967 bits per heavy atom. The van der Waals surface area contributed by atoms with Crippen molar-refractivity contribution < 1.29 is 23.4 Å². The van der Waals surface area contributed by atoms with Gasteiger partial charge in [0.05, 0.1) is 17.9 Å². The number of carbonyl (C=O) groups is 1. The highest BCUT2D eigenvalue weighted by molar-refractivity contribution is 6.11. The molecule has 2 heterocycles. The Hall–Kier alpha value is -3.25. The van der Waals surface area contributed by atoms with Crippen molar-refractivity contribution >= 4 is 11.6 Å². The van der Waals surface area contributed by atoms with Crippen LogP contribution in [0.3, 0.4) is 0 Å². The van der Waals surface area contributed by atoms with Gasteiger partial charge in [-0.05, 0) is 54.3 Å². The summed E-state index contributed by atoms with van der Waals surface area (Å²) >= 11 is 0. The summed E-state index contributed by atoms with van der Waals surface area (Å²) in [6.07, 6.45) is 0. The zero-order chi connectivity index (χ0) is 21.3. The van der Waals surface area contributed by atoms with Gasteiger partial charge >= 0.3 is 0 Å². The van der Waals surface area contributed by atoms with E-state index in [4.69, 9.17) is 4.74 Å². The Bertz CT molecular complexity index is 1200. The standard InChI is InChI=1S/C24H19F2NO3/c1-23(2)17-8-5-15(11-13(17)12-30-23)24(14-3-6-16(28)7-4-14)18-9-10-19(25)20(26)21(18)27-22(24)29/h3-11,28H,12H2,1-2H3,(H,27,29). The van der Waals surface area contributed by atoms with E-state index in [1.165, 1.54) is 18.2 Å². The molecular formula is C24H19F2NO3. The summed E-state index contributed by atoms with van der Waals surface area (Å²) in [6.45, 7) is 4.35. The number of hydrogen-bond donors (Lipinski definition) is 2. The van der Waals surface area contributed by atoms with Crippen LogP contribution >= 0.6 is 0 Å². The summed E-state index contributed by atoms with van der Waals surface area (Å²) in [7, 11) is 0. The van der Waals surface area contributed by atoms with Gasteiger partial charge in [-0.2, -0.15) is 0 Å². The molecular weight excluding hydrogens is 388 g/mol. The van der Waals surface area contributed by atoms with Crippen molar-refractivity contribution in [1.82, 2.24) is 0 Å². The minimum Gasteiger partial charge on any atom is -0.508 e. The molecule has 2 N–H and O–H groups in total. The number of amides is 1. The Morgan fingerprint density at radius 2 is 1.63 bits per heavy atom. The summed E-state index contributed by atoms with van der Waals surface area (Å²) in [5.41, 5.74) is 1.47. The number of ether oxygens (including phenoxy) is 1. The molecule has 0 aromatic heterocycles. The minimum atomic E-state index is -1.39. The number of phenols is 1. The fraction of sp³-hybridized carbons (Fsp3) is 0.208. The minimum absolute atomic E-state index is 0.0434. The second-order valence-corrected chi connectivity index (χ2v) is 8.21. The third-order valence-corrected chi connectivity index (χ3v) is 6.15. The predicted octanol–water partition coefficient (Wildman–Crippen LogP) is 4.72. The van der Waals surface area contributed by atoms with Crippen LogP contribution in [-0.4, -0.2) is 11.0 Å². The zero-order valence-electron chi connectivity index (χ0n) is 16.4. The first-order valence-electron chi connectivity index (χ1n) is 9.62. The third-order valence-electron chi connectivity index (χ3n) is 6.15. The van der Waals surface area contributed by atoms with Gasteiger partial charge in [-0.25, -0.2) is 8.78 Å². The van der Waals surface area contributed by atoms with Gasteiger partial charge in [0.15, 0.2) is 11.6 Å². The second-order valence-electron chi connectivity index (χ2n) is 8.21. The maximum absolute atomic E-state index is 14.6. The highest BCUT2D eigenvalue weighted by Crippen LogP contribution is 2.50. The fourth-order valence-electron chi connectivity index (χ4n) is 4.64. The maximum atomic E-state index is 14.6. The van der Waals surface area contributed by atoms with Crippen LogP contribution in [0.25, 0.3) is 0 Å². The van der Waals surface area contributed by atoms with E-state index in [1.54, 1.807) is 12.1 Å². The summed E-state index contributed by atoms with van der Waals surface area (Å²) in [4.78, 5) is 13.4. The SMILES string of the molecule is CC1(C)OCc2cc(C3(c4ccc(O)cc4)C(=O)Nc4c3ccc(F)c4F)ccc21. The number of hydrogen-bond acceptors (Lipinski definition) is 3. The van der Waals surface area contributed by atoms with Gasteiger partial charge in [0.25, 0.3) is 0 Å². The maximum Gasteiger partial charge on any atom is 0.244 e. The molecule has 5 rings (SSSR count). The van der Waals surface area contributed by atoms with E-state index in [1.807, 2.05) is 32.0 Å². The average Bonchev–Trinajstić information content (AvgIpc) is 3.19. The van der Waals surface area contributed by atoms with Crippen molar-refractivity contribution in [3.8, 4) is 5.75 Å². The van der Waals surface area contributed by atoms with E-state index < -0.39 is 28.6 Å². The Balaban J connectivity index is 1.82. The average molecular weight is 407 g/mol. The van der Waals surface area contributed by atoms with Crippen molar-refractivity contribution in [2.24, 2.45) is 0 Å². The molecule has 1 amide bonds. The van der Waals surface area contributed by atoms with Crippen LogP contribution in [0.15, 0.2) is 54.6 Å². The van der Waals surface area contributed by atoms with E-state index in [-0.39, 0.29) is 11.4 Å². The van der Waals surface area contributed by atoms with Gasteiger partial charge in [0, 0.05) is 5.56 Å². The van der Waals surface area contributed by atoms with E-state index >= 15 is 0 Å². The van der Waals surface area contributed by atoms with E-state index in [0.717, 1.165) is 17.2 Å². The van der Waals surface area contributed by atoms with Crippen molar-refractivity contribution in [3.63, 3.8) is 0 Å². The first-order chi connectivity index (χ1) is 14.2. The molecule has 2 aliphatic heterocycles. The zero-order valence-corrected chi connectivity index (χ0v) is 16.4. The van der Waals surface area contributed by atoms with Crippen LogP contribution in [0.4, 0.5) is 14.5 Å². The summed E-state index contributed by atoms with van der Waals surface area (Å²) < 4.78 is 34.4. The second kappa shape index (κ2) is 6.12. The van der Waals surface area contributed by atoms with Crippen LogP contribution < -0.4 is 5.32 Å². The van der Waals surface area contributed by atoms with Crippen LogP contribution in [0.1, 0.15) is 41.7 Å². The molecule has 0 bridgehead atoms. The van der Waals surface area contributed by atoms with Crippen molar-refractivity contribution in [1.29, 1.82) is 0 Å². The molecule has 152 valence electrons. The van der Waals surface area contributed by atoms with Gasteiger partial charge < -0.3 is 15.2 Å². The summed E-state index contributed by atoms with van der Waals surface area (Å²) in [6, 6.07) is 14.3.